The van der Waals surface area contributed by atoms with Gasteiger partial charge in [-0.2, -0.15) is 0 Å². The second-order valence-electron chi connectivity index (χ2n) is 13.5. The highest BCUT2D eigenvalue weighted by Gasteiger charge is 2.35. The fourth-order valence-electron chi connectivity index (χ4n) is 5.50. The average Bonchev–Trinajstić information content (AvgIpc) is 2.97. The number of hydrogen-bond acceptors (Lipinski definition) is 5. The van der Waals surface area contributed by atoms with Gasteiger partial charge in [0.15, 0.2) is 23.1 Å². The van der Waals surface area contributed by atoms with Crippen LogP contribution in [0.4, 0.5) is 0 Å². The van der Waals surface area contributed by atoms with Gasteiger partial charge in [-0.05, 0) is 98.8 Å². The van der Waals surface area contributed by atoms with Crippen LogP contribution in [-0.4, -0.2) is 34.8 Å². The van der Waals surface area contributed by atoms with Gasteiger partial charge in [-0.3, -0.25) is 19.2 Å². The monoisotopic (exact) mass is 606 g/mol. The third-order valence-electron chi connectivity index (χ3n) is 8.82. The first-order chi connectivity index (χ1) is 20.5. The van der Waals surface area contributed by atoms with E-state index in [2.05, 4.69) is 19.9 Å². The van der Waals surface area contributed by atoms with E-state index in [1.165, 1.54) is 36.8 Å². The molecule has 0 aromatic heterocycles. The van der Waals surface area contributed by atoms with Crippen molar-refractivity contribution in [2.45, 2.75) is 140 Å². The van der Waals surface area contributed by atoms with E-state index in [0.717, 1.165) is 25.7 Å². The lowest BCUT2D eigenvalue weighted by Gasteiger charge is -2.29. The quantitative estimate of drug-likeness (QED) is 0.128. The molecule has 0 unspecified atom stereocenters. The molecule has 0 saturated carbocycles. The van der Waals surface area contributed by atoms with E-state index in [9.17, 15) is 19.2 Å². The lowest BCUT2D eigenvalue weighted by atomic mass is 9.73. The average molecular weight is 607 g/mol. The van der Waals surface area contributed by atoms with Crippen molar-refractivity contribution in [1.82, 2.24) is 0 Å². The molecular weight excluding hydrogens is 548 g/mol. The zero-order valence-corrected chi connectivity index (χ0v) is 29.5. The van der Waals surface area contributed by atoms with E-state index in [1.807, 2.05) is 33.8 Å². The number of unbranched alkanes of at least 4 members (excludes halogenated alkanes) is 4. The van der Waals surface area contributed by atoms with Crippen LogP contribution in [0.1, 0.15) is 140 Å². The van der Waals surface area contributed by atoms with Gasteiger partial charge in [0.05, 0.1) is 0 Å². The summed E-state index contributed by atoms with van der Waals surface area (Å²) < 4.78 is 0. The molecule has 5 heteroatoms. The number of carbonyl (C=O) groups excluding carboxylic acids is 4. The van der Waals surface area contributed by atoms with Crippen molar-refractivity contribution in [1.29, 1.82) is 0 Å². The standard InChI is InChI=1S/C22H34O2.C17H24O3/c1-8-9-10-11-12-15(2)13-14-18-19(22(5,6)7)21(24)17(4)16(3)20(18)23;1-11(7-5-6-10-18)8-9-15-14(4)16(19)12(2)13(3)17(15)20/h13H,8-12,14H2,1-7H3;8,18H,5-7,9-10H2,1-4H3. The summed E-state index contributed by atoms with van der Waals surface area (Å²) in [6.45, 7) is 21.4. The lowest BCUT2D eigenvalue weighted by molar-refractivity contribution is -0.117. The Morgan fingerprint density at radius 2 is 1.02 bits per heavy atom. The molecule has 0 atom stereocenters. The van der Waals surface area contributed by atoms with Crippen LogP contribution >= 0.6 is 0 Å². The van der Waals surface area contributed by atoms with E-state index in [4.69, 9.17) is 5.11 Å². The summed E-state index contributed by atoms with van der Waals surface area (Å²) in [4.78, 5) is 49.8. The molecule has 0 saturated heterocycles. The van der Waals surface area contributed by atoms with Gasteiger partial charge in [0.1, 0.15) is 0 Å². The predicted octanol–water partition coefficient (Wildman–Crippen LogP) is 9.41. The molecule has 0 bridgehead atoms. The van der Waals surface area contributed by atoms with Crippen LogP contribution in [-0.2, 0) is 19.2 Å². The summed E-state index contributed by atoms with van der Waals surface area (Å²) in [6.07, 6.45) is 14.0. The van der Waals surface area contributed by atoms with Crippen molar-refractivity contribution in [3.8, 4) is 0 Å². The number of ketones is 4. The van der Waals surface area contributed by atoms with Crippen molar-refractivity contribution in [3.05, 3.63) is 67.9 Å². The van der Waals surface area contributed by atoms with Crippen molar-refractivity contribution >= 4 is 23.1 Å². The number of allylic oxidation sites excluding steroid dienone is 12. The molecular formula is C39H58O5. The lowest BCUT2D eigenvalue weighted by Crippen LogP contribution is -2.29. The first kappa shape index (κ1) is 39.1. The first-order valence-electron chi connectivity index (χ1n) is 16.4. The van der Waals surface area contributed by atoms with E-state index in [1.54, 1.807) is 34.6 Å². The molecule has 0 heterocycles. The van der Waals surface area contributed by atoms with Crippen molar-refractivity contribution in [2.75, 3.05) is 6.61 Å². The molecule has 0 fully saturated rings. The molecule has 2 aliphatic rings. The van der Waals surface area contributed by atoms with Crippen LogP contribution in [0.5, 0.6) is 0 Å². The number of aliphatic hydroxyl groups excluding tert-OH is 1. The van der Waals surface area contributed by atoms with Crippen LogP contribution in [0.2, 0.25) is 0 Å². The third-order valence-corrected chi connectivity index (χ3v) is 8.82. The minimum atomic E-state index is -0.313. The van der Waals surface area contributed by atoms with E-state index < -0.39 is 0 Å². The highest BCUT2D eigenvalue weighted by molar-refractivity contribution is 6.25. The van der Waals surface area contributed by atoms with E-state index in [-0.39, 0.29) is 35.2 Å². The Balaban J connectivity index is 0.000000447. The van der Waals surface area contributed by atoms with Gasteiger partial charge in [-0.1, -0.05) is 70.3 Å². The Morgan fingerprint density at radius 3 is 1.50 bits per heavy atom. The van der Waals surface area contributed by atoms with Gasteiger partial charge >= 0.3 is 0 Å². The van der Waals surface area contributed by atoms with Crippen LogP contribution < -0.4 is 0 Å². The molecule has 244 valence electrons. The van der Waals surface area contributed by atoms with E-state index >= 15 is 0 Å². The van der Waals surface area contributed by atoms with Crippen molar-refractivity contribution in [2.24, 2.45) is 5.41 Å². The van der Waals surface area contributed by atoms with Gasteiger partial charge in [-0.25, -0.2) is 0 Å². The smallest absolute Gasteiger partial charge is 0.186 e. The Morgan fingerprint density at radius 1 is 0.591 bits per heavy atom. The Bertz CT molecular complexity index is 1300. The fourth-order valence-corrected chi connectivity index (χ4v) is 5.50. The van der Waals surface area contributed by atoms with Crippen LogP contribution in [0.3, 0.4) is 0 Å². The molecule has 0 amide bonds. The largest absolute Gasteiger partial charge is 0.396 e. The molecule has 2 rings (SSSR count). The molecule has 5 nitrogen and oxygen atoms in total. The number of hydrogen-bond donors (Lipinski definition) is 1. The molecule has 2 aliphatic carbocycles. The van der Waals surface area contributed by atoms with Crippen molar-refractivity contribution < 1.29 is 24.3 Å². The van der Waals surface area contributed by atoms with Gasteiger partial charge in [0, 0.05) is 51.2 Å². The Hall–Kier alpha value is -2.92. The number of aliphatic hydroxyl groups is 1. The maximum Gasteiger partial charge on any atom is 0.186 e. The highest BCUT2D eigenvalue weighted by atomic mass is 16.3. The summed E-state index contributed by atoms with van der Waals surface area (Å²) in [5.41, 5.74) is 7.16. The second-order valence-corrected chi connectivity index (χ2v) is 13.5. The SMILES string of the molecule is CC(=CCC1=C(C)C(=O)C(C)=C(C)C1=O)CCCCO.CCCCCCC(C)=CCC1=C(C(C)(C)C)C(=O)C(C)=C(C)C1=O. The summed E-state index contributed by atoms with van der Waals surface area (Å²) in [7, 11) is 0. The molecule has 0 aromatic rings. The molecule has 0 aliphatic heterocycles. The summed E-state index contributed by atoms with van der Waals surface area (Å²) in [6, 6.07) is 0. The fraction of sp³-hybridized carbons (Fsp3) is 0.590. The minimum absolute atomic E-state index is 0.000918. The first-order valence-corrected chi connectivity index (χ1v) is 16.4. The zero-order valence-electron chi connectivity index (χ0n) is 29.5. The number of carbonyl (C=O) groups is 4. The van der Waals surface area contributed by atoms with Gasteiger partial charge in [-0.15, -0.1) is 0 Å². The second kappa shape index (κ2) is 18.1. The normalized spacial score (nSPS) is 17.3. The molecule has 0 radical (unpaired) electrons. The number of rotatable bonds is 13. The summed E-state index contributed by atoms with van der Waals surface area (Å²) in [5.74, 6) is 0.0816. The predicted molar refractivity (Wildman–Crippen MR) is 182 cm³/mol. The van der Waals surface area contributed by atoms with E-state index in [0.29, 0.717) is 57.4 Å². The molecule has 1 N–H and O–H groups in total. The van der Waals surface area contributed by atoms with Crippen LogP contribution in [0.15, 0.2) is 67.9 Å². The minimum Gasteiger partial charge on any atom is -0.396 e. The summed E-state index contributed by atoms with van der Waals surface area (Å²) >= 11 is 0. The zero-order chi connectivity index (χ0) is 33.8. The van der Waals surface area contributed by atoms with Crippen LogP contribution in [0.25, 0.3) is 0 Å². The van der Waals surface area contributed by atoms with Crippen molar-refractivity contribution in [3.63, 3.8) is 0 Å². The van der Waals surface area contributed by atoms with Gasteiger partial charge in [0.25, 0.3) is 0 Å². The summed E-state index contributed by atoms with van der Waals surface area (Å²) in [5, 5.41) is 8.75. The highest BCUT2D eigenvalue weighted by Crippen LogP contribution is 2.37. The van der Waals surface area contributed by atoms with Crippen LogP contribution in [0, 0.1) is 5.41 Å². The molecule has 0 aromatic carbocycles. The Kier molecular flexibility index (Phi) is 16.1. The molecule has 44 heavy (non-hydrogen) atoms. The molecule has 0 spiro atoms. The third kappa shape index (κ3) is 10.9. The Labute approximate surface area is 267 Å². The maximum absolute atomic E-state index is 12.8. The topological polar surface area (TPSA) is 88.5 Å². The van der Waals surface area contributed by atoms with Gasteiger partial charge < -0.3 is 5.11 Å². The van der Waals surface area contributed by atoms with Gasteiger partial charge in [0.2, 0.25) is 0 Å². The number of Topliss-reactive ketones (excluding diaryl/α,β-unsaturated/α-hetero) is 4. The maximum atomic E-state index is 12.8.